The van der Waals surface area contributed by atoms with Crippen LogP contribution in [-0.4, -0.2) is 24.0 Å². The van der Waals surface area contributed by atoms with Gasteiger partial charge in [-0.05, 0) is 74.2 Å². The van der Waals surface area contributed by atoms with Crippen molar-refractivity contribution in [3.63, 3.8) is 0 Å². The van der Waals surface area contributed by atoms with Gasteiger partial charge in [0.1, 0.15) is 0 Å². The maximum absolute atomic E-state index is 6.71. The van der Waals surface area contributed by atoms with Gasteiger partial charge in [-0.2, -0.15) is 0 Å². The molecule has 0 aromatic heterocycles. The first-order valence-electron chi connectivity index (χ1n) is 11.2. The van der Waals surface area contributed by atoms with E-state index in [2.05, 4.69) is 36.9 Å². The molecule has 0 amide bonds. The summed E-state index contributed by atoms with van der Waals surface area (Å²) >= 11 is 6.71. The van der Waals surface area contributed by atoms with Crippen molar-refractivity contribution in [1.82, 2.24) is 4.90 Å². The lowest BCUT2D eigenvalue weighted by molar-refractivity contribution is 0.159. The molecule has 2 fully saturated rings. The van der Waals surface area contributed by atoms with Crippen LogP contribution in [0.1, 0.15) is 107 Å². The fourth-order valence-electron chi connectivity index (χ4n) is 5.17. The number of hydrogen-bond donors (Lipinski definition) is 0. The zero-order valence-electron chi connectivity index (χ0n) is 17.0. The SMILES string of the molecule is CCN(CCC(C)c1ccc(C2CCCCC2)c(Cl)c1)C1CCCCC1. The molecule has 1 unspecified atom stereocenters. The Hall–Kier alpha value is -0.530. The normalized spacial score (nSPS) is 21.2. The number of benzene rings is 1. The van der Waals surface area contributed by atoms with Gasteiger partial charge in [0.25, 0.3) is 0 Å². The van der Waals surface area contributed by atoms with Crippen molar-refractivity contribution in [3.05, 3.63) is 34.3 Å². The molecule has 0 aliphatic heterocycles. The van der Waals surface area contributed by atoms with Gasteiger partial charge in [0.2, 0.25) is 0 Å². The first kappa shape index (κ1) is 20.2. The van der Waals surface area contributed by atoms with E-state index in [0.29, 0.717) is 11.8 Å². The molecule has 1 aromatic rings. The van der Waals surface area contributed by atoms with Crippen molar-refractivity contribution >= 4 is 11.6 Å². The summed E-state index contributed by atoms with van der Waals surface area (Å²) in [5.41, 5.74) is 2.83. The number of halogens is 1. The Labute approximate surface area is 166 Å². The predicted octanol–water partition coefficient (Wildman–Crippen LogP) is 7.54. The van der Waals surface area contributed by atoms with Crippen molar-refractivity contribution in [2.24, 2.45) is 0 Å². The van der Waals surface area contributed by atoms with Crippen LogP contribution in [0.2, 0.25) is 5.02 Å². The monoisotopic (exact) mass is 375 g/mol. The second-order valence-electron chi connectivity index (χ2n) is 8.73. The van der Waals surface area contributed by atoms with Gasteiger partial charge in [-0.25, -0.2) is 0 Å². The van der Waals surface area contributed by atoms with E-state index in [1.54, 1.807) is 0 Å². The minimum atomic E-state index is 0.588. The summed E-state index contributed by atoms with van der Waals surface area (Å²) in [4.78, 5) is 2.73. The molecule has 2 aliphatic rings. The second-order valence-corrected chi connectivity index (χ2v) is 9.13. The highest BCUT2D eigenvalue weighted by molar-refractivity contribution is 6.31. The summed E-state index contributed by atoms with van der Waals surface area (Å²) in [5.74, 6) is 1.29. The van der Waals surface area contributed by atoms with E-state index in [0.717, 1.165) is 11.1 Å². The Bertz CT molecular complexity index is 543. The maximum Gasteiger partial charge on any atom is 0.0443 e. The number of hydrogen-bond acceptors (Lipinski definition) is 1. The summed E-state index contributed by atoms with van der Waals surface area (Å²) < 4.78 is 0. The van der Waals surface area contributed by atoms with Crippen LogP contribution in [0.25, 0.3) is 0 Å². The van der Waals surface area contributed by atoms with E-state index in [9.17, 15) is 0 Å². The Morgan fingerprint density at radius 1 is 1.00 bits per heavy atom. The average molecular weight is 376 g/mol. The van der Waals surface area contributed by atoms with Crippen LogP contribution in [-0.2, 0) is 0 Å². The smallest absolute Gasteiger partial charge is 0.0443 e. The van der Waals surface area contributed by atoms with Crippen LogP contribution in [0.3, 0.4) is 0 Å². The molecule has 2 saturated carbocycles. The minimum Gasteiger partial charge on any atom is -0.301 e. The van der Waals surface area contributed by atoms with Gasteiger partial charge in [-0.3, -0.25) is 0 Å². The summed E-state index contributed by atoms with van der Waals surface area (Å²) in [7, 11) is 0. The lowest BCUT2D eigenvalue weighted by atomic mass is 9.83. The van der Waals surface area contributed by atoms with Gasteiger partial charge in [-0.15, -0.1) is 0 Å². The van der Waals surface area contributed by atoms with Crippen LogP contribution in [0, 0.1) is 0 Å². The summed E-state index contributed by atoms with van der Waals surface area (Å²) in [6, 6.07) is 7.80. The molecular weight excluding hydrogens is 338 g/mol. The zero-order chi connectivity index (χ0) is 18.4. The van der Waals surface area contributed by atoms with E-state index in [4.69, 9.17) is 11.6 Å². The lowest BCUT2D eigenvalue weighted by Crippen LogP contribution is -2.37. The third kappa shape index (κ3) is 5.26. The Morgan fingerprint density at radius 3 is 2.27 bits per heavy atom. The maximum atomic E-state index is 6.71. The highest BCUT2D eigenvalue weighted by Gasteiger charge is 2.21. The average Bonchev–Trinajstić information content (AvgIpc) is 2.69. The predicted molar refractivity (Wildman–Crippen MR) is 114 cm³/mol. The molecule has 2 aliphatic carbocycles. The van der Waals surface area contributed by atoms with Crippen molar-refractivity contribution in [1.29, 1.82) is 0 Å². The van der Waals surface area contributed by atoms with Crippen molar-refractivity contribution in [2.45, 2.75) is 102 Å². The topological polar surface area (TPSA) is 3.24 Å². The van der Waals surface area contributed by atoms with E-state index in [1.165, 1.54) is 94.8 Å². The second kappa shape index (κ2) is 10.1. The summed E-state index contributed by atoms with van der Waals surface area (Å²) in [6.07, 6.45) is 15.1. The minimum absolute atomic E-state index is 0.588. The van der Waals surface area contributed by atoms with Crippen molar-refractivity contribution < 1.29 is 0 Å². The quantitative estimate of drug-likeness (QED) is 0.475. The molecule has 0 N–H and O–H groups in total. The van der Waals surface area contributed by atoms with Crippen LogP contribution < -0.4 is 0 Å². The highest BCUT2D eigenvalue weighted by Crippen LogP contribution is 2.37. The molecule has 146 valence electrons. The third-order valence-electron chi connectivity index (χ3n) is 6.99. The zero-order valence-corrected chi connectivity index (χ0v) is 17.7. The lowest BCUT2D eigenvalue weighted by Gasteiger charge is -2.34. The first-order chi connectivity index (χ1) is 12.7. The van der Waals surface area contributed by atoms with Crippen molar-refractivity contribution in [3.8, 4) is 0 Å². The molecule has 0 bridgehead atoms. The summed E-state index contributed by atoms with van der Waals surface area (Å²) in [6.45, 7) is 7.12. The summed E-state index contributed by atoms with van der Waals surface area (Å²) in [5, 5.41) is 1.01. The Kier molecular flexibility index (Phi) is 7.88. The molecule has 1 aromatic carbocycles. The van der Waals surface area contributed by atoms with Gasteiger partial charge in [-0.1, -0.05) is 76.1 Å². The van der Waals surface area contributed by atoms with E-state index in [-0.39, 0.29) is 0 Å². The van der Waals surface area contributed by atoms with Gasteiger partial charge < -0.3 is 4.90 Å². The van der Waals surface area contributed by atoms with Gasteiger partial charge >= 0.3 is 0 Å². The van der Waals surface area contributed by atoms with Crippen LogP contribution >= 0.6 is 11.6 Å². The first-order valence-corrected chi connectivity index (χ1v) is 11.6. The molecule has 2 heteroatoms. The standard InChI is InChI=1S/C24H38ClN/c1-3-26(22-12-8-5-9-13-22)17-16-19(2)21-14-15-23(24(25)18-21)20-10-6-4-7-11-20/h14-15,18-20,22H,3-13,16-17H2,1-2H3. The number of nitrogens with zero attached hydrogens (tertiary/aromatic N) is 1. The van der Waals surface area contributed by atoms with Gasteiger partial charge in [0.15, 0.2) is 0 Å². The van der Waals surface area contributed by atoms with E-state index < -0.39 is 0 Å². The van der Waals surface area contributed by atoms with Crippen LogP contribution in [0.4, 0.5) is 0 Å². The molecule has 0 spiro atoms. The fourth-order valence-corrected chi connectivity index (χ4v) is 5.51. The molecular formula is C24H38ClN. The van der Waals surface area contributed by atoms with Crippen LogP contribution in [0.5, 0.6) is 0 Å². The Balaban J connectivity index is 1.56. The molecule has 26 heavy (non-hydrogen) atoms. The Morgan fingerprint density at radius 2 is 1.65 bits per heavy atom. The molecule has 0 saturated heterocycles. The van der Waals surface area contributed by atoms with E-state index in [1.807, 2.05) is 0 Å². The fraction of sp³-hybridized carbons (Fsp3) is 0.750. The third-order valence-corrected chi connectivity index (χ3v) is 7.31. The van der Waals surface area contributed by atoms with Crippen molar-refractivity contribution in [2.75, 3.05) is 13.1 Å². The largest absolute Gasteiger partial charge is 0.301 e. The molecule has 3 rings (SSSR count). The molecule has 1 atom stereocenters. The molecule has 1 nitrogen and oxygen atoms in total. The number of rotatable bonds is 7. The molecule has 0 radical (unpaired) electrons. The van der Waals surface area contributed by atoms with Gasteiger partial charge in [0, 0.05) is 11.1 Å². The highest BCUT2D eigenvalue weighted by atomic mass is 35.5. The molecule has 0 heterocycles. The van der Waals surface area contributed by atoms with Crippen LogP contribution in [0.15, 0.2) is 18.2 Å². The van der Waals surface area contributed by atoms with E-state index >= 15 is 0 Å². The van der Waals surface area contributed by atoms with Gasteiger partial charge in [0.05, 0.1) is 0 Å².